The van der Waals surface area contributed by atoms with Crippen molar-refractivity contribution in [3.05, 3.63) is 0 Å². The van der Waals surface area contributed by atoms with Crippen LogP contribution in [0.3, 0.4) is 0 Å². The van der Waals surface area contributed by atoms with Crippen molar-refractivity contribution in [3.8, 4) is 0 Å². The van der Waals surface area contributed by atoms with E-state index in [1.54, 1.807) is 19.5 Å². The van der Waals surface area contributed by atoms with E-state index in [9.17, 15) is 4.79 Å². The summed E-state index contributed by atoms with van der Waals surface area (Å²) < 4.78 is 0. The Kier molecular flexibility index (Phi) is 4.65. The lowest BCUT2D eigenvalue weighted by Gasteiger charge is -1.84. The first-order valence-corrected chi connectivity index (χ1v) is 3.51. The van der Waals surface area contributed by atoms with Crippen molar-refractivity contribution < 1.29 is 4.79 Å². The maximum Gasteiger partial charge on any atom is 0.193 e. The highest BCUT2D eigenvalue weighted by Gasteiger charge is 1.91. The van der Waals surface area contributed by atoms with Gasteiger partial charge in [0.05, 0.1) is 6.42 Å². The normalized spacial score (nSPS) is 10.2. The lowest BCUT2D eigenvalue weighted by atomic mass is 10.5. The van der Waals surface area contributed by atoms with Crippen molar-refractivity contribution in [3.63, 3.8) is 0 Å². The van der Waals surface area contributed by atoms with E-state index in [1.807, 2.05) is 0 Å². The van der Waals surface area contributed by atoms with Crippen LogP contribution < -0.4 is 0 Å². The second-order valence-electron chi connectivity index (χ2n) is 1.22. The molecule has 0 aliphatic carbocycles. The van der Waals surface area contributed by atoms with Gasteiger partial charge < -0.3 is 4.99 Å². The molecule has 0 rings (SSSR count). The zero-order valence-corrected chi connectivity index (χ0v) is 5.86. The molecule has 0 amide bonds. The van der Waals surface area contributed by atoms with E-state index in [0.717, 1.165) is 0 Å². The number of hydrogen-bond donors (Lipinski definition) is 0. The zero-order chi connectivity index (χ0) is 6.41. The van der Waals surface area contributed by atoms with Crippen LogP contribution in [0.2, 0.25) is 0 Å². The Balaban J connectivity index is 3.25. The fourth-order valence-corrected chi connectivity index (χ4v) is 0.490. The fraction of sp³-hybridized carbons (Fsp3) is 0.600. The molecule has 0 saturated carbocycles. The molecule has 8 heavy (non-hydrogen) atoms. The van der Waals surface area contributed by atoms with E-state index >= 15 is 0 Å². The Morgan fingerprint density at radius 3 is 2.88 bits per heavy atom. The standard InChI is InChI=1S/C5H9NOS/c1-6-4-3-5(7)8-2/h4H,3H2,1-2H3. The third-order valence-corrected chi connectivity index (χ3v) is 1.29. The first-order valence-electron chi connectivity index (χ1n) is 2.28. The van der Waals surface area contributed by atoms with E-state index in [0.29, 0.717) is 6.42 Å². The first kappa shape index (κ1) is 7.69. The Labute approximate surface area is 53.4 Å². The summed E-state index contributed by atoms with van der Waals surface area (Å²) in [5.41, 5.74) is 0. The third-order valence-electron chi connectivity index (χ3n) is 0.668. The molecule has 2 nitrogen and oxygen atoms in total. The van der Waals surface area contributed by atoms with Crippen LogP contribution in [0.4, 0.5) is 0 Å². The molecule has 0 heterocycles. The van der Waals surface area contributed by atoms with Gasteiger partial charge in [-0.3, -0.25) is 4.79 Å². The Bertz CT molecular complexity index is 101. The van der Waals surface area contributed by atoms with Crippen molar-refractivity contribution >= 4 is 23.1 Å². The highest BCUT2D eigenvalue weighted by molar-refractivity contribution is 8.13. The minimum Gasteiger partial charge on any atom is -0.300 e. The highest BCUT2D eigenvalue weighted by Crippen LogP contribution is 1.95. The molecule has 0 atom stereocenters. The molecule has 3 heteroatoms. The molecule has 0 N–H and O–H groups in total. The number of rotatable bonds is 2. The average molecular weight is 131 g/mol. The van der Waals surface area contributed by atoms with Gasteiger partial charge >= 0.3 is 0 Å². The van der Waals surface area contributed by atoms with Crippen LogP contribution in [0.5, 0.6) is 0 Å². The Hall–Kier alpha value is -0.310. The molecule has 0 aliphatic rings. The molecule has 0 radical (unpaired) electrons. The quantitative estimate of drug-likeness (QED) is 0.522. The van der Waals surface area contributed by atoms with Gasteiger partial charge in [-0.25, -0.2) is 0 Å². The largest absolute Gasteiger partial charge is 0.300 e. The summed E-state index contributed by atoms with van der Waals surface area (Å²) in [5.74, 6) is 0. The molecule has 0 aromatic heterocycles. The number of carbonyl (C=O) groups is 1. The maximum atomic E-state index is 10.4. The van der Waals surface area contributed by atoms with Gasteiger partial charge in [-0.15, -0.1) is 0 Å². The summed E-state index contributed by atoms with van der Waals surface area (Å²) in [6, 6.07) is 0. The molecule has 0 aromatic carbocycles. The summed E-state index contributed by atoms with van der Waals surface area (Å²) in [7, 11) is 1.66. The average Bonchev–Trinajstić information content (AvgIpc) is 1.83. The van der Waals surface area contributed by atoms with Gasteiger partial charge in [0, 0.05) is 13.3 Å². The van der Waals surface area contributed by atoms with Crippen LogP contribution in [-0.2, 0) is 4.79 Å². The van der Waals surface area contributed by atoms with E-state index in [1.165, 1.54) is 11.8 Å². The topological polar surface area (TPSA) is 29.4 Å². The van der Waals surface area contributed by atoms with Crippen LogP contribution in [-0.4, -0.2) is 24.6 Å². The number of aliphatic imine (C=N–C) groups is 1. The van der Waals surface area contributed by atoms with E-state index in [2.05, 4.69) is 4.99 Å². The maximum absolute atomic E-state index is 10.4. The van der Waals surface area contributed by atoms with Crippen LogP contribution in [0.15, 0.2) is 4.99 Å². The number of carbonyl (C=O) groups excluding carboxylic acids is 1. The van der Waals surface area contributed by atoms with Crippen LogP contribution in [0.25, 0.3) is 0 Å². The number of thioether (sulfide) groups is 1. The predicted octanol–water partition coefficient (Wildman–Crippen LogP) is 0.967. The van der Waals surface area contributed by atoms with Gasteiger partial charge in [-0.05, 0) is 6.26 Å². The van der Waals surface area contributed by atoms with Gasteiger partial charge in [0.2, 0.25) is 0 Å². The van der Waals surface area contributed by atoms with Crippen molar-refractivity contribution in [2.75, 3.05) is 13.3 Å². The van der Waals surface area contributed by atoms with Crippen LogP contribution in [0, 0.1) is 0 Å². The molecule has 0 spiro atoms. The third kappa shape index (κ3) is 3.87. The molecule has 46 valence electrons. The lowest BCUT2D eigenvalue weighted by molar-refractivity contribution is -0.109. The highest BCUT2D eigenvalue weighted by atomic mass is 32.2. The van der Waals surface area contributed by atoms with Crippen LogP contribution in [0.1, 0.15) is 6.42 Å². The summed E-state index contributed by atoms with van der Waals surface area (Å²) in [6.07, 6.45) is 3.84. The first-order chi connectivity index (χ1) is 3.81. The van der Waals surface area contributed by atoms with Gasteiger partial charge in [0.1, 0.15) is 0 Å². The number of hydrogen-bond acceptors (Lipinski definition) is 3. The molecule has 0 aliphatic heterocycles. The summed E-state index contributed by atoms with van der Waals surface area (Å²) >= 11 is 1.23. The van der Waals surface area contributed by atoms with Gasteiger partial charge in [0.25, 0.3) is 0 Å². The summed E-state index contributed by atoms with van der Waals surface area (Å²) in [6.45, 7) is 0. The smallest absolute Gasteiger partial charge is 0.193 e. The minimum atomic E-state index is 0.163. The van der Waals surface area contributed by atoms with Crippen molar-refractivity contribution in [1.82, 2.24) is 0 Å². The fourth-order valence-electron chi connectivity index (χ4n) is 0.249. The zero-order valence-electron chi connectivity index (χ0n) is 5.05. The van der Waals surface area contributed by atoms with E-state index in [4.69, 9.17) is 0 Å². The van der Waals surface area contributed by atoms with Gasteiger partial charge in [-0.1, -0.05) is 11.8 Å². The van der Waals surface area contributed by atoms with Crippen molar-refractivity contribution in [1.29, 1.82) is 0 Å². The Morgan fingerprint density at radius 1 is 1.88 bits per heavy atom. The molecular weight excluding hydrogens is 122 g/mol. The second kappa shape index (κ2) is 4.84. The molecule has 0 saturated heterocycles. The molecule has 0 unspecified atom stereocenters. The lowest BCUT2D eigenvalue weighted by Crippen LogP contribution is -1.89. The monoisotopic (exact) mass is 131 g/mol. The van der Waals surface area contributed by atoms with Gasteiger partial charge in [-0.2, -0.15) is 0 Å². The SMILES string of the molecule is CN=CCC(=O)SC. The van der Waals surface area contributed by atoms with Crippen LogP contribution >= 0.6 is 11.8 Å². The Morgan fingerprint density at radius 2 is 2.50 bits per heavy atom. The molecular formula is C5H9NOS. The van der Waals surface area contributed by atoms with E-state index in [-0.39, 0.29) is 5.12 Å². The second-order valence-corrected chi connectivity index (χ2v) is 2.08. The molecule has 0 fully saturated rings. The van der Waals surface area contributed by atoms with E-state index < -0.39 is 0 Å². The minimum absolute atomic E-state index is 0.163. The number of nitrogens with zero attached hydrogens (tertiary/aromatic N) is 1. The molecule has 0 bridgehead atoms. The summed E-state index contributed by atoms with van der Waals surface area (Å²) in [4.78, 5) is 14.1. The predicted molar refractivity (Wildman–Crippen MR) is 37.6 cm³/mol. The molecule has 0 aromatic rings. The van der Waals surface area contributed by atoms with Crippen molar-refractivity contribution in [2.24, 2.45) is 4.99 Å². The summed E-state index contributed by atoms with van der Waals surface area (Å²) in [5, 5.41) is 0.163. The van der Waals surface area contributed by atoms with Gasteiger partial charge in [0.15, 0.2) is 5.12 Å². The van der Waals surface area contributed by atoms with Crippen molar-refractivity contribution in [2.45, 2.75) is 6.42 Å².